The Morgan fingerprint density at radius 2 is 1.89 bits per heavy atom. The van der Waals surface area contributed by atoms with Crippen molar-refractivity contribution in [3.8, 4) is 5.75 Å². The van der Waals surface area contributed by atoms with E-state index in [9.17, 15) is 4.79 Å². The van der Waals surface area contributed by atoms with Crippen molar-refractivity contribution < 1.29 is 9.53 Å². The minimum absolute atomic E-state index is 0. The summed E-state index contributed by atoms with van der Waals surface area (Å²) in [5, 5.41) is 9.33. The highest BCUT2D eigenvalue weighted by Gasteiger charge is 2.10. The van der Waals surface area contributed by atoms with Crippen molar-refractivity contribution in [1.82, 2.24) is 20.9 Å². The first kappa shape index (κ1) is 24.2. The Balaban J connectivity index is 0.00000392. The lowest BCUT2D eigenvalue weighted by Crippen LogP contribution is -2.41. The first-order valence-corrected chi connectivity index (χ1v) is 9.85. The van der Waals surface area contributed by atoms with Crippen LogP contribution in [0.25, 0.3) is 0 Å². The van der Waals surface area contributed by atoms with Gasteiger partial charge in [0.25, 0.3) is 5.91 Å². The van der Waals surface area contributed by atoms with E-state index in [-0.39, 0.29) is 29.9 Å². The van der Waals surface area contributed by atoms with Crippen molar-refractivity contribution >= 4 is 47.2 Å². The van der Waals surface area contributed by atoms with Gasteiger partial charge in [-0.2, -0.15) is 0 Å². The standard InChI is InChI=1S/C19H27N5O2S.HI/c1-4-20-19(22-10-9-15-5-7-16(26-3)8-6-15)23-12-11-21-18(25)17-14(2)24-13-27-17;/h5-8,13H,4,9-12H2,1-3H3,(H,21,25)(H2,20,22,23);1H. The molecule has 0 aliphatic rings. The summed E-state index contributed by atoms with van der Waals surface area (Å²) in [5.74, 6) is 1.51. The molecule has 0 aliphatic heterocycles. The van der Waals surface area contributed by atoms with Crippen LogP contribution in [0.5, 0.6) is 5.75 Å². The molecule has 1 heterocycles. The molecular weight excluding hydrogens is 489 g/mol. The number of methoxy groups -OCH3 is 1. The molecule has 1 aromatic heterocycles. The number of nitrogens with zero attached hydrogens (tertiary/aromatic N) is 2. The van der Waals surface area contributed by atoms with Gasteiger partial charge in [-0.1, -0.05) is 12.1 Å². The van der Waals surface area contributed by atoms with E-state index < -0.39 is 0 Å². The molecule has 2 rings (SSSR count). The molecule has 0 fully saturated rings. The van der Waals surface area contributed by atoms with E-state index in [4.69, 9.17) is 4.74 Å². The number of ether oxygens (including phenoxy) is 1. The van der Waals surface area contributed by atoms with Gasteiger partial charge >= 0.3 is 0 Å². The molecule has 3 N–H and O–H groups in total. The van der Waals surface area contributed by atoms with Crippen LogP contribution in [0, 0.1) is 6.92 Å². The van der Waals surface area contributed by atoms with Crippen LogP contribution in [0.15, 0.2) is 34.8 Å². The predicted octanol–water partition coefficient (Wildman–Crippen LogP) is 2.61. The monoisotopic (exact) mass is 517 g/mol. The molecule has 0 atom stereocenters. The normalized spacial score (nSPS) is 10.8. The number of hydrogen-bond donors (Lipinski definition) is 3. The number of guanidine groups is 1. The van der Waals surface area contributed by atoms with Gasteiger partial charge in [0.2, 0.25) is 0 Å². The third kappa shape index (κ3) is 8.01. The topological polar surface area (TPSA) is 87.6 Å². The lowest BCUT2D eigenvalue weighted by molar-refractivity contribution is 0.0957. The maximum atomic E-state index is 12.0. The molecule has 0 unspecified atom stereocenters. The van der Waals surface area contributed by atoms with E-state index >= 15 is 0 Å². The molecule has 0 saturated heterocycles. The molecule has 0 saturated carbocycles. The second-order valence-corrected chi connectivity index (χ2v) is 6.66. The first-order chi connectivity index (χ1) is 13.1. The number of carbonyl (C=O) groups is 1. The van der Waals surface area contributed by atoms with Crippen LogP contribution in [-0.4, -0.2) is 50.1 Å². The van der Waals surface area contributed by atoms with Gasteiger partial charge in [-0.25, -0.2) is 4.98 Å². The molecule has 154 valence electrons. The van der Waals surface area contributed by atoms with Gasteiger partial charge < -0.3 is 20.7 Å². The molecule has 0 bridgehead atoms. The average molecular weight is 517 g/mol. The third-order valence-electron chi connectivity index (χ3n) is 3.83. The maximum Gasteiger partial charge on any atom is 0.263 e. The smallest absolute Gasteiger partial charge is 0.263 e. The zero-order valence-electron chi connectivity index (χ0n) is 16.4. The van der Waals surface area contributed by atoms with Gasteiger partial charge in [0, 0.05) is 26.2 Å². The lowest BCUT2D eigenvalue weighted by Gasteiger charge is -2.12. The quantitative estimate of drug-likeness (QED) is 0.206. The largest absolute Gasteiger partial charge is 0.497 e. The number of halogens is 1. The summed E-state index contributed by atoms with van der Waals surface area (Å²) in [6, 6.07) is 8.00. The highest BCUT2D eigenvalue weighted by atomic mass is 127. The Labute approximate surface area is 187 Å². The second kappa shape index (κ2) is 13.3. The molecule has 28 heavy (non-hydrogen) atoms. The number of hydrogen-bond acceptors (Lipinski definition) is 5. The number of nitrogens with one attached hydrogen (secondary N) is 3. The molecule has 1 aromatic carbocycles. The second-order valence-electron chi connectivity index (χ2n) is 5.81. The molecule has 0 radical (unpaired) electrons. The molecule has 2 aromatic rings. The van der Waals surface area contributed by atoms with Gasteiger partial charge in [0.15, 0.2) is 5.96 Å². The van der Waals surface area contributed by atoms with Crippen LogP contribution in [0.2, 0.25) is 0 Å². The van der Waals surface area contributed by atoms with Crippen molar-refractivity contribution in [3.63, 3.8) is 0 Å². The minimum Gasteiger partial charge on any atom is -0.497 e. The summed E-state index contributed by atoms with van der Waals surface area (Å²) in [7, 11) is 1.66. The molecule has 0 aliphatic carbocycles. The van der Waals surface area contributed by atoms with Crippen LogP contribution >= 0.6 is 35.3 Å². The Morgan fingerprint density at radius 1 is 1.18 bits per heavy atom. The summed E-state index contributed by atoms with van der Waals surface area (Å²) in [6.07, 6.45) is 0.849. The van der Waals surface area contributed by atoms with Crippen molar-refractivity contribution in [3.05, 3.63) is 45.9 Å². The van der Waals surface area contributed by atoms with Gasteiger partial charge in [-0.05, 0) is 38.0 Å². The van der Waals surface area contributed by atoms with E-state index in [0.29, 0.717) is 24.5 Å². The van der Waals surface area contributed by atoms with Crippen LogP contribution < -0.4 is 20.7 Å². The summed E-state index contributed by atoms with van der Waals surface area (Å²) >= 11 is 1.35. The Kier molecular flexibility index (Phi) is 11.5. The molecule has 9 heteroatoms. The number of benzene rings is 1. The molecule has 1 amide bonds. The molecular formula is C19H28IN5O2S. The van der Waals surface area contributed by atoms with Crippen LogP contribution in [-0.2, 0) is 6.42 Å². The summed E-state index contributed by atoms with van der Waals surface area (Å²) < 4.78 is 5.17. The number of carbonyl (C=O) groups excluding carboxylic acids is 1. The zero-order chi connectivity index (χ0) is 19.5. The highest BCUT2D eigenvalue weighted by Crippen LogP contribution is 2.12. The van der Waals surface area contributed by atoms with Gasteiger partial charge in [-0.15, -0.1) is 35.3 Å². The van der Waals surface area contributed by atoms with Crippen molar-refractivity contribution in [2.24, 2.45) is 4.99 Å². The third-order valence-corrected chi connectivity index (χ3v) is 4.76. The number of amides is 1. The minimum atomic E-state index is -0.0850. The average Bonchev–Trinajstić information content (AvgIpc) is 3.11. The Bertz CT molecular complexity index is 749. The fraction of sp³-hybridized carbons (Fsp3) is 0.421. The molecule has 7 nitrogen and oxygen atoms in total. The summed E-state index contributed by atoms with van der Waals surface area (Å²) in [5.41, 5.74) is 3.66. The number of rotatable bonds is 9. The van der Waals surface area contributed by atoms with Crippen molar-refractivity contribution in [2.45, 2.75) is 20.3 Å². The van der Waals surface area contributed by atoms with Crippen molar-refractivity contribution in [2.75, 3.05) is 33.3 Å². The van der Waals surface area contributed by atoms with E-state index in [1.54, 1.807) is 12.6 Å². The fourth-order valence-electron chi connectivity index (χ4n) is 2.39. The first-order valence-electron chi connectivity index (χ1n) is 8.97. The van der Waals surface area contributed by atoms with E-state index in [2.05, 4.69) is 25.9 Å². The SMILES string of the molecule is CCNC(=NCCc1ccc(OC)cc1)NCCNC(=O)c1scnc1C.I. The maximum absolute atomic E-state index is 12.0. The van der Waals surface area contributed by atoms with Crippen LogP contribution in [0.3, 0.4) is 0 Å². The van der Waals surface area contributed by atoms with Crippen LogP contribution in [0.4, 0.5) is 0 Å². The Hall–Kier alpha value is -1.88. The lowest BCUT2D eigenvalue weighted by atomic mass is 10.1. The highest BCUT2D eigenvalue weighted by molar-refractivity contribution is 14.0. The summed E-state index contributed by atoms with van der Waals surface area (Å²) in [6.45, 7) is 6.42. The predicted molar refractivity (Wildman–Crippen MR) is 125 cm³/mol. The van der Waals surface area contributed by atoms with Gasteiger partial charge in [-0.3, -0.25) is 9.79 Å². The van der Waals surface area contributed by atoms with E-state index in [1.807, 2.05) is 38.1 Å². The summed E-state index contributed by atoms with van der Waals surface area (Å²) in [4.78, 5) is 21.4. The molecule has 0 spiro atoms. The van der Waals surface area contributed by atoms with Gasteiger partial charge in [0.1, 0.15) is 10.6 Å². The number of aryl methyl sites for hydroxylation is 1. The van der Waals surface area contributed by atoms with Crippen LogP contribution in [0.1, 0.15) is 27.9 Å². The number of thiazole rings is 1. The van der Waals surface area contributed by atoms with Crippen molar-refractivity contribution in [1.29, 1.82) is 0 Å². The fourth-order valence-corrected chi connectivity index (χ4v) is 3.11. The van der Waals surface area contributed by atoms with Gasteiger partial charge in [0.05, 0.1) is 18.3 Å². The van der Waals surface area contributed by atoms with E-state index in [0.717, 1.165) is 30.4 Å². The number of aromatic nitrogens is 1. The Morgan fingerprint density at radius 3 is 2.50 bits per heavy atom. The van der Waals surface area contributed by atoms with E-state index in [1.165, 1.54) is 16.9 Å². The number of aliphatic imine (C=N–C) groups is 1. The zero-order valence-corrected chi connectivity index (χ0v) is 19.6.